The molecule has 1 aliphatic heterocycles. The van der Waals surface area contributed by atoms with Gasteiger partial charge in [-0.25, -0.2) is 14.6 Å². The van der Waals surface area contributed by atoms with Crippen LogP contribution in [-0.4, -0.2) is 45.1 Å². The molecule has 0 N–H and O–H groups in total. The summed E-state index contributed by atoms with van der Waals surface area (Å²) in [6, 6.07) is 18.0. The highest BCUT2D eigenvalue weighted by Crippen LogP contribution is 2.30. The molecule has 0 unspecified atom stereocenters. The summed E-state index contributed by atoms with van der Waals surface area (Å²) >= 11 is 0. The summed E-state index contributed by atoms with van der Waals surface area (Å²) in [6.45, 7) is 1.65. The van der Waals surface area contributed by atoms with Gasteiger partial charge in [0, 0.05) is 17.8 Å². The molecule has 0 bridgehead atoms. The van der Waals surface area contributed by atoms with Crippen molar-refractivity contribution >= 4 is 19.0 Å². The van der Waals surface area contributed by atoms with Gasteiger partial charge >= 0.3 is 0 Å². The Hall–Kier alpha value is -3.19. The minimum Gasteiger partial charge on any atom is -0.457 e. The van der Waals surface area contributed by atoms with Crippen molar-refractivity contribution in [2.24, 2.45) is 0 Å². The zero-order valence-corrected chi connectivity index (χ0v) is 16.0. The lowest BCUT2D eigenvalue weighted by Gasteiger charge is -2.19. The van der Waals surface area contributed by atoms with E-state index in [1.807, 2.05) is 70.3 Å². The molecule has 1 atom stereocenters. The average molecular weight is 381 g/mol. The van der Waals surface area contributed by atoms with Gasteiger partial charge in [0.25, 0.3) is 0 Å². The van der Waals surface area contributed by atoms with Gasteiger partial charge in [0.1, 0.15) is 23.5 Å². The molecule has 6 nitrogen and oxygen atoms in total. The summed E-state index contributed by atoms with van der Waals surface area (Å²) in [7, 11) is 6.11. The third kappa shape index (κ3) is 3.61. The monoisotopic (exact) mass is 381 g/mol. The Morgan fingerprint density at radius 2 is 1.83 bits per heavy atom. The van der Waals surface area contributed by atoms with E-state index in [1.165, 1.54) is 0 Å². The smallest absolute Gasteiger partial charge is 0.182 e. The second-order valence-corrected chi connectivity index (χ2v) is 7.26. The summed E-state index contributed by atoms with van der Waals surface area (Å²) in [5.74, 6) is 1.59. The highest BCUT2D eigenvalue weighted by molar-refractivity contribution is 6.04. The molecular formula is C22H20BN5O. The number of hydrogen-bond acceptors (Lipinski definition) is 5. The van der Waals surface area contributed by atoms with E-state index in [-0.39, 0.29) is 6.04 Å². The van der Waals surface area contributed by atoms with E-state index >= 15 is 0 Å². The van der Waals surface area contributed by atoms with Crippen LogP contribution in [0.2, 0.25) is 0 Å². The highest BCUT2D eigenvalue weighted by Gasteiger charge is 2.23. The van der Waals surface area contributed by atoms with Crippen molar-refractivity contribution in [1.82, 2.24) is 24.6 Å². The van der Waals surface area contributed by atoms with Gasteiger partial charge in [-0.05, 0) is 55.8 Å². The molecule has 1 fully saturated rings. The maximum atomic E-state index is 6.11. The second-order valence-electron chi connectivity index (χ2n) is 7.26. The fourth-order valence-corrected chi connectivity index (χ4v) is 3.82. The largest absolute Gasteiger partial charge is 0.457 e. The van der Waals surface area contributed by atoms with Gasteiger partial charge in [0.15, 0.2) is 13.6 Å². The molecule has 142 valence electrons. The molecule has 29 heavy (non-hydrogen) atoms. The van der Waals surface area contributed by atoms with E-state index in [9.17, 15) is 0 Å². The number of benzene rings is 2. The minimum absolute atomic E-state index is 0.280. The van der Waals surface area contributed by atoms with Crippen molar-refractivity contribution in [2.75, 3.05) is 6.54 Å². The summed E-state index contributed by atoms with van der Waals surface area (Å²) in [6.07, 6.45) is 5.58. The maximum absolute atomic E-state index is 6.11. The molecule has 2 aromatic carbocycles. The average Bonchev–Trinajstić information content (AvgIpc) is 3.34. The van der Waals surface area contributed by atoms with Crippen LogP contribution in [-0.2, 0) is 6.54 Å². The Morgan fingerprint density at radius 1 is 1.03 bits per heavy atom. The first-order valence-corrected chi connectivity index (χ1v) is 9.79. The maximum Gasteiger partial charge on any atom is 0.182 e. The molecule has 7 heteroatoms. The van der Waals surface area contributed by atoms with Crippen LogP contribution >= 0.6 is 0 Å². The zero-order valence-electron chi connectivity index (χ0n) is 16.0. The van der Waals surface area contributed by atoms with Gasteiger partial charge in [-0.15, -0.1) is 0 Å². The summed E-state index contributed by atoms with van der Waals surface area (Å²) in [5.41, 5.74) is 2.70. The van der Waals surface area contributed by atoms with Crippen LogP contribution in [0.5, 0.6) is 11.5 Å². The van der Waals surface area contributed by atoms with Crippen molar-refractivity contribution < 1.29 is 4.74 Å². The molecule has 0 saturated carbocycles. The first-order chi connectivity index (χ1) is 14.3. The Kier molecular flexibility index (Phi) is 4.73. The normalized spacial score (nSPS) is 17.0. The zero-order chi connectivity index (χ0) is 19.6. The third-order valence-corrected chi connectivity index (χ3v) is 5.32. The van der Waals surface area contributed by atoms with Crippen molar-refractivity contribution in [1.29, 1.82) is 0 Å². The van der Waals surface area contributed by atoms with Crippen molar-refractivity contribution in [3.05, 3.63) is 67.1 Å². The lowest BCUT2D eigenvalue weighted by molar-refractivity contribution is 0.363. The van der Waals surface area contributed by atoms with Crippen molar-refractivity contribution in [3.63, 3.8) is 0 Å². The van der Waals surface area contributed by atoms with Crippen LogP contribution in [0.4, 0.5) is 0 Å². The third-order valence-electron chi connectivity index (χ3n) is 5.32. The Bertz CT molecular complexity index is 1110. The lowest BCUT2D eigenvalue weighted by Crippen LogP contribution is -2.31. The van der Waals surface area contributed by atoms with Crippen LogP contribution in [0.15, 0.2) is 67.1 Å². The van der Waals surface area contributed by atoms with Gasteiger partial charge in [-0.3, -0.25) is 0 Å². The SMILES string of the molecule is [B]N1CCC[C@@H]1Cn1nc(-c2ccc(Oc3ccccc3)cc2)c2cncnc21. The molecule has 1 aliphatic rings. The van der Waals surface area contributed by atoms with E-state index in [1.54, 1.807) is 6.33 Å². The first-order valence-electron chi connectivity index (χ1n) is 9.79. The van der Waals surface area contributed by atoms with E-state index < -0.39 is 0 Å². The number of hydrogen-bond donors (Lipinski definition) is 0. The molecule has 1 saturated heterocycles. The summed E-state index contributed by atoms with van der Waals surface area (Å²) in [5, 5.41) is 5.80. The van der Waals surface area contributed by atoms with Crippen molar-refractivity contribution in [3.8, 4) is 22.8 Å². The first kappa shape index (κ1) is 17.9. The number of para-hydroxylation sites is 1. The van der Waals surface area contributed by atoms with E-state index in [0.29, 0.717) is 0 Å². The predicted octanol–water partition coefficient (Wildman–Crippen LogP) is 3.83. The number of ether oxygens (including phenoxy) is 1. The van der Waals surface area contributed by atoms with Crippen LogP contribution in [0.25, 0.3) is 22.3 Å². The molecular weight excluding hydrogens is 361 g/mol. The highest BCUT2D eigenvalue weighted by atomic mass is 16.5. The number of fused-ring (bicyclic) bond motifs is 1. The van der Waals surface area contributed by atoms with E-state index in [4.69, 9.17) is 17.8 Å². The van der Waals surface area contributed by atoms with Gasteiger partial charge in [-0.1, -0.05) is 18.2 Å². The molecule has 0 spiro atoms. The fraction of sp³-hybridized carbons (Fsp3) is 0.227. The Labute approximate surface area is 170 Å². The van der Waals surface area contributed by atoms with Crippen LogP contribution in [0.1, 0.15) is 12.8 Å². The van der Waals surface area contributed by atoms with Crippen molar-refractivity contribution in [2.45, 2.75) is 25.4 Å². The molecule has 5 rings (SSSR count). The molecule has 3 heterocycles. The minimum atomic E-state index is 0.280. The standard InChI is InChI=1S/C22H20BN5O/c23-27-12-4-5-17(27)14-28-22-20(13-24-15-25-22)21(26-28)16-8-10-19(11-9-16)29-18-6-2-1-3-7-18/h1-3,6-11,13,15,17H,4-5,12,14H2/t17-/m1/s1. The van der Waals surface area contributed by atoms with Gasteiger partial charge in [0.05, 0.1) is 11.9 Å². The topological polar surface area (TPSA) is 56.1 Å². The molecule has 0 amide bonds. The summed E-state index contributed by atoms with van der Waals surface area (Å²) < 4.78 is 7.85. The molecule has 2 radical (unpaired) electrons. The summed E-state index contributed by atoms with van der Waals surface area (Å²) in [4.78, 5) is 10.6. The Morgan fingerprint density at radius 3 is 2.59 bits per heavy atom. The predicted molar refractivity (Wildman–Crippen MR) is 113 cm³/mol. The lowest BCUT2D eigenvalue weighted by atomic mass is 10.1. The van der Waals surface area contributed by atoms with Crippen LogP contribution in [0, 0.1) is 0 Å². The molecule has 0 aliphatic carbocycles. The number of aromatic nitrogens is 4. The van der Waals surface area contributed by atoms with Gasteiger partial charge < -0.3 is 9.55 Å². The van der Waals surface area contributed by atoms with Gasteiger partial charge in [-0.2, -0.15) is 5.10 Å². The van der Waals surface area contributed by atoms with Crippen LogP contribution < -0.4 is 4.74 Å². The number of rotatable bonds is 5. The quantitative estimate of drug-likeness (QED) is 0.492. The Balaban J connectivity index is 1.45. The number of nitrogens with zero attached hydrogens (tertiary/aromatic N) is 5. The molecule has 2 aromatic heterocycles. The molecule has 4 aromatic rings. The van der Waals surface area contributed by atoms with E-state index in [2.05, 4.69) is 9.97 Å². The van der Waals surface area contributed by atoms with Gasteiger partial charge in [0.2, 0.25) is 0 Å². The van der Waals surface area contributed by atoms with Crippen LogP contribution in [0.3, 0.4) is 0 Å². The second kappa shape index (κ2) is 7.68. The fourth-order valence-electron chi connectivity index (χ4n) is 3.82. The van der Waals surface area contributed by atoms with E-state index in [0.717, 1.165) is 59.7 Å².